The van der Waals surface area contributed by atoms with E-state index in [9.17, 15) is 9.36 Å². The number of rotatable bonds is 7. The van der Waals surface area contributed by atoms with E-state index in [2.05, 4.69) is 5.09 Å². The Balaban J connectivity index is 2.17. The monoisotopic (exact) mass is 413 g/mol. The van der Waals surface area contributed by atoms with Gasteiger partial charge in [0.2, 0.25) is 13.1 Å². The van der Waals surface area contributed by atoms with Crippen molar-refractivity contribution in [3.63, 3.8) is 0 Å². The zero-order chi connectivity index (χ0) is 21.1. The molecule has 3 aromatic carbocycles. The van der Waals surface area contributed by atoms with Gasteiger partial charge in [0.25, 0.3) is 0 Å². The molecule has 0 aliphatic rings. The molecule has 1 atom stereocenters. The van der Waals surface area contributed by atoms with Crippen molar-refractivity contribution in [2.24, 2.45) is 0 Å². The van der Waals surface area contributed by atoms with Crippen molar-refractivity contribution >= 4 is 23.7 Å². The number of nitrogens with one attached hydrogen (secondary N) is 1. The molecule has 0 aliphatic heterocycles. The molecule has 0 bridgehead atoms. The Bertz CT molecular complexity index is 978. The number of alkyl halides is 2. The van der Waals surface area contributed by atoms with Crippen molar-refractivity contribution in [3.05, 3.63) is 96.1 Å². The average molecular weight is 413 g/mol. The smallest absolute Gasteiger partial charge is 0.296 e. The van der Waals surface area contributed by atoms with Crippen LogP contribution in [0.2, 0.25) is 0 Å². The lowest BCUT2D eigenvalue weighted by molar-refractivity contribution is -0.144. The van der Waals surface area contributed by atoms with Gasteiger partial charge in [0, 0.05) is 17.5 Å². The summed E-state index contributed by atoms with van der Waals surface area (Å²) in [6.45, 7) is 2.69. The zero-order valence-corrected chi connectivity index (χ0v) is 17.1. The minimum absolute atomic E-state index is 0.197. The molecule has 0 aromatic heterocycles. The van der Waals surface area contributed by atoms with Crippen LogP contribution in [0.5, 0.6) is 0 Å². The van der Waals surface area contributed by atoms with Gasteiger partial charge in [0.1, 0.15) is 6.04 Å². The molecule has 0 aliphatic carbocycles. The number of aryl methyl sites for hydroxylation is 1. The van der Waals surface area contributed by atoms with Gasteiger partial charge in [-0.3, -0.25) is 9.36 Å². The van der Waals surface area contributed by atoms with Gasteiger partial charge in [-0.1, -0.05) is 66.2 Å². The second kappa shape index (κ2) is 8.40. The van der Waals surface area contributed by atoms with E-state index in [0.29, 0.717) is 10.6 Å². The Labute approximate surface area is 169 Å². The van der Waals surface area contributed by atoms with E-state index in [-0.39, 0.29) is 5.56 Å². The van der Waals surface area contributed by atoms with Crippen LogP contribution in [-0.2, 0) is 9.36 Å². The summed E-state index contributed by atoms with van der Waals surface area (Å²) < 4.78 is 44.2. The summed E-state index contributed by atoms with van der Waals surface area (Å²) in [6, 6.07) is 21.6. The van der Waals surface area contributed by atoms with Crippen LogP contribution in [0.25, 0.3) is 0 Å². The molecular weight excluding hydrogens is 391 g/mol. The summed E-state index contributed by atoms with van der Waals surface area (Å²) in [5.41, 5.74) is 1.09. The molecule has 6 heteroatoms. The topological polar surface area (TPSA) is 46.2 Å². The number of ketones is 1. The highest BCUT2D eigenvalue weighted by Crippen LogP contribution is 2.45. The van der Waals surface area contributed by atoms with Crippen molar-refractivity contribution in [2.45, 2.75) is 25.8 Å². The maximum absolute atomic E-state index is 15.0. The Morgan fingerprint density at radius 1 is 0.862 bits per heavy atom. The second-order valence-corrected chi connectivity index (χ2v) is 9.44. The van der Waals surface area contributed by atoms with Crippen LogP contribution < -0.4 is 15.7 Å². The summed E-state index contributed by atoms with van der Waals surface area (Å²) in [5, 5.41) is 3.49. The maximum atomic E-state index is 15.0. The third kappa shape index (κ3) is 4.36. The molecule has 3 rings (SSSR count). The highest BCUT2D eigenvalue weighted by atomic mass is 31.2. The number of Topliss-reactive ketones (excluding diaryl/α,β-unsaturated/α-hetero) is 1. The lowest BCUT2D eigenvalue weighted by Crippen LogP contribution is -2.44. The van der Waals surface area contributed by atoms with Crippen LogP contribution in [0.15, 0.2) is 84.9 Å². The number of halogens is 2. The van der Waals surface area contributed by atoms with Gasteiger partial charge in [-0.25, -0.2) is 5.09 Å². The highest BCUT2D eigenvalue weighted by molar-refractivity contribution is 7.76. The predicted molar refractivity (Wildman–Crippen MR) is 112 cm³/mol. The van der Waals surface area contributed by atoms with Crippen molar-refractivity contribution in [1.29, 1.82) is 0 Å². The minimum Gasteiger partial charge on any atom is -0.296 e. The van der Waals surface area contributed by atoms with Crippen LogP contribution >= 0.6 is 7.29 Å². The van der Waals surface area contributed by atoms with Crippen molar-refractivity contribution < 1.29 is 18.1 Å². The van der Waals surface area contributed by atoms with E-state index in [0.717, 1.165) is 12.5 Å². The maximum Gasteiger partial charge on any atom is 0.324 e. The molecular formula is C23H22F2NO2P. The number of hydrogen-bond donors (Lipinski definition) is 1. The van der Waals surface area contributed by atoms with E-state index in [1.807, 2.05) is 6.92 Å². The fourth-order valence-electron chi connectivity index (χ4n) is 3.08. The Morgan fingerprint density at radius 2 is 1.31 bits per heavy atom. The van der Waals surface area contributed by atoms with Gasteiger partial charge in [0.15, 0.2) is 0 Å². The molecule has 3 aromatic rings. The van der Waals surface area contributed by atoms with E-state index < -0.39 is 25.0 Å². The number of benzene rings is 3. The van der Waals surface area contributed by atoms with Crippen LogP contribution in [0.4, 0.5) is 8.78 Å². The number of carbonyl (C=O) groups is 1. The molecule has 0 fully saturated rings. The quantitative estimate of drug-likeness (QED) is 0.567. The van der Waals surface area contributed by atoms with Gasteiger partial charge in [-0.2, -0.15) is 8.78 Å². The molecule has 1 N–H and O–H groups in total. The van der Waals surface area contributed by atoms with Gasteiger partial charge in [-0.15, -0.1) is 0 Å². The molecule has 0 radical (unpaired) electrons. The third-order valence-corrected chi connectivity index (χ3v) is 7.47. The fraction of sp³-hybridized carbons (Fsp3) is 0.174. The minimum atomic E-state index is -3.74. The normalized spacial score (nSPS) is 13.1. The van der Waals surface area contributed by atoms with Crippen molar-refractivity contribution in [3.8, 4) is 0 Å². The van der Waals surface area contributed by atoms with E-state index in [1.165, 1.54) is 12.1 Å². The highest BCUT2D eigenvalue weighted by Gasteiger charge is 2.48. The Hall–Kier alpha value is -2.62. The predicted octanol–water partition coefficient (Wildman–Crippen LogP) is 4.78. The largest absolute Gasteiger partial charge is 0.324 e. The molecule has 0 heterocycles. The van der Waals surface area contributed by atoms with E-state index >= 15 is 8.78 Å². The number of carbonyl (C=O) groups excluding carboxylic acids is 1. The molecule has 1 unspecified atom stereocenters. The van der Waals surface area contributed by atoms with Crippen LogP contribution in [0.1, 0.15) is 24.1 Å². The first-order chi connectivity index (χ1) is 13.7. The third-order valence-electron chi connectivity index (χ3n) is 4.79. The first-order valence-electron chi connectivity index (χ1n) is 9.19. The fourth-order valence-corrected chi connectivity index (χ4v) is 5.54. The standard InChI is InChI=1S/C23H22F2NO2P/c1-17-13-15-19(16-14-17)22(23(24,25)18(2)27)26-29(28,20-9-5-3-6-10-20)21-11-7-4-8-12-21/h3-16,22H,1-2H3,(H,26,28). The molecule has 3 nitrogen and oxygen atoms in total. The molecule has 0 amide bonds. The van der Waals surface area contributed by atoms with Gasteiger partial charge in [-0.05, 0) is 36.8 Å². The summed E-state index contributed by atoms with van der Waals surface area (Å²) in [6.07, 6.45) is 0. The van der Waals surface area contributed by atoms with Crippen LogP contribution in [0, 0.1) is 6.92 Å². The van der Waals surface area contributed by atoms with Crippen LogP contribution in [0.3, 0.4) is 0 Å². The molecule has 0 saturated heterocycles. The van der Waals surface area contributed by atoms with Crippen LogP contribution in [-0.4, -0.2) is 11.7 Å². The zero-order valence-electron chi connectivity index (χ0n) is 16.2. The first-order valence-corrected chi connectivity index (χ1v) is 10.9. The lowest BCUT2D eigenvalue weighted by atomic mass is 9.98. The SMILES string of the molecule is CC(=O)C(F)(F)C(NP(=O)(c1ccccc1)c1ccccc1)c1ccc(C)cc1. The summed E-state index contributed by atoms with van der Waals surface area (Å²) >= 11 is 0. The molecule has 0 spiro atoms. The summed E-state index contributed by atoms with van der Waals surface area (Å²) in [5.74, 6) is -5.03. The molecule has 150 valence electrons. The van der Waals surface area contributed by atoms with Gasteiger partial charge in [0.05, 0.1) is 0 Å². The van der Waals surface area contributed by atoms with Crippen molar-refractivity contribution in [2.75, 3.05) is 0 Å². The Kier molecular flexibility index (Phi) is 6.11. The second-order valence-electron chi connectivity index (χ2n) is 6.93. The van der Waals surface area contributed by atoms with E-state index in [1.54, 1.807) is 72.8 Å². The summed E-state index contributed by atoms with van der Waals surface area (Å²) in [7, 11) is -3.68. The van der Waals surface area contributed by atoms with Gasteiger partial charge < -0.3 is 0 Å². The average Bonchev–Trinajstić information content (AvgIpc) is 2.73. The summed E-state index contributed by atoms with van der Waals surface area (Å²) in [4.78, 5) is 11.8. The molecule has 29 heavy (non-hydrogen) atoms. The number of hydrogen-bond acceptors (Lipinski definition) is 2. The van der Waals surface area contributed by atoms with Gasteiger partial charge >= 0.3 is 5.92 Å². The first kappa shape index (κ1) is 21.1. The van der Waals surface area contributed by atoms with E-state index in [4.69, 9.17) is 0 Å². The van der Waals surface area contributed by atoms with Crippen molar-refractivity contribution in [1.82, 2.24) is 5.09 Å². The lowest BCUT2D eigenvalue weighted by Gasteiger charge is -2.31. The Morgan fingerprint density at radius 3 is 1.72 bits per heavy atom. The molecule has 0 saturated carbocycles.